The topological polar surface area (TPSA) is 38.5 Å². The number of rotatable bonds is 4. The number of ether oxygens (including phenoxy) is 1. The summed E-state index contributed by atoms with van der Waals surface area (Å²) in [4.78, 5) is 2.37. The number of benzene rings is 1. The zero-order chi connectivity index (χ0) is 13.8. The van der Waals surface area contributed by atoms with Gasteiger partial charge < -0.3 is 15.4 Å². The maximum atomic E-state index is 6.29. The lowest BCUT2D eigenvalue weighted by Gasteiger charge is -2.33. The zero-order valence-corrected chi connectivity index (χ0v) is 12.5. The Morgan fingerprint density at radius 1 is 1.42 bits per heavy atom. The number of anilines is 1. The quantitative estimate of drug-likeness (QED) is 0.920. The molecule has 0 amide bonds. The van der Waals surface area contributed by atoms with E-state index in [2.05, 4.69) is 17.9 Å². The molecule has 0 aromatic heterocycles. The summed E-state index contributed by atoms with van der Waals surface area (Å²) in [6, 6.07) is 6.16. The molecule has 0 spiro atoms. The molecule has 1 aliphatic heterocycles. The molecule has 0 aliphatic carbocycles. The summed E-state index contributed by atoms with van der Waals surface area (Å²) in [6.07, 6.45) is 2.58. The molecule has 0 saturated carbocycles. The molecule has 1 aromatic carbocycles. The molecule has 3 nitrogen and oxygen atoms in total. The van der Waals surface area contributed by atoms with Crippen LogP contribution in [0.4, 0.5) is 5.69 Å². The summed E-state index contributed by atoms with van der Waals surface area (Å²) in [5.41, 5.74) is 8.07. The summed E-state index contributed by atoms with van der Waals surface area (Å²) in [5, 5.41) is 0.763. The predicted molar refractivity (Wildman–Crippen MR) is 80.9 cm³/mol. The zero-order valence-electron chi connectivity index (χ0n) is 11.7. The molecular formula is C15H23ClN2O. The Labute approximate surface area is 120 Å². The molecule has 1 heterocycles. The van der Waals surface area contributed by atoms with Crippen molar-refractivity contribution in [1.82, 2.24) is 0 Å². The maximum absolute atomic E-state index is 6.29. The minimum absolute atomic E-state index is 0.0229. The van der Waals surface area contributed by atoms with Gasteiger partial charge in [0.15, 0.2) is 0 Å². The average Bonchev–Trinajstić information content (AvgIpc) is 2.39. The van der Waals surface area contributed by atoms with Gasteiger partial charge >= 0.3 is 0 Å². The van der Waals surface area contributed by atoms with E-state index >= 15 is 0 Å². The van der Waals surface area contributed by atoms with E-state index in [0.29, 0.717) is 6.10 Å². The second-order valence-corrected chi connectivity index (χ2v) is 5.54. The maximum Gasteiger partial charge on any atom is 0.0608 e. The van der Waals surface area contributed by atoms with Gasteiger partial charge in [0.2, 0.25) is 0 Å². The first-order chi connectivity index (χ1) is 9.11. The van der Waals surface area contributed by atoms with Gasteiger partial charge in [-0.2, -0.15) is 0 Å². The fourth-order valence-corrected chi connectivity index (χ4v) is 2.95. The molecule has 1 unspecified atom stereocenters. The molecule has 2 rings (SSSR count). The Morgan fingerprint density at radius 3 is 2.63 bits per heavy atom. The summed E-state index contributed by atoms with van der Waals surface area (Å²) in [6.45, 7) is 6.87. The van der Waals surface area contributed by atoms with Crippen LogP contribution >= 0.6 is 11.6 Å². The standard InChI is InChI=1S/C15H23ClN2O/c1-3-19-13-6-8-18(9-7-13)12-4-5-14(11(2)17)15(16)10-12/h4-5,10-11,13H,3,6-9,17H2,1-2H3. The summed E-state index contributed by atoms with van der Waals surface area (Å²) >= 11 is 6.29. The van der Waals surface area contributed by atoms with Gasteiger partial charge in [0, 0.05) is 36.4 Å². The van der Waals surface area contributed by atoms with Gasteiger partial charge in [-0.1, -0.05) is 17.7 Å². The number of hydrogen-bond acceptors (Lipinski definition) is 3. The van der Waals surface area contributed by atoms with Crippen LogP contribution in [0.1, 0.15) is 38.3 Å². The Balaban J connectivity index is 2.02. The van der Waals surface area contributed by atoms with Crippen LogP contribution in [0.3, 0.4) is 0 Å². The third-order valence-corrected chi connectivity index (χ3v) is 4.01. The fourth-order valence-electron chi connectivity index (χ4n) is 2.60. The van der Waals surface area contributed by atoms with Crippen molar-refractivity contribution < 1.29 is 4.74 Å². The van der Waals surface area contributed by atoms with Crippen molar-refractivity contribution in [2.75, 3.05) is 24.6 Å². The molecule has 1 atom stereocenters. The first-order valence-electron chi connectivity index (χ1n) is 7.03. The highest BCUT2D eigenvalue weighted by molar-refractivity contribution is 6.31. The highest BCUT2D eigenvalue weighted by Crippen LogP contribution is 2.29. The molecule has 1 fully saturated rings. The molecule has 4 heteroatoms. The summed E-state index contributed by atoms with van der Waals surface area (Å²) in [7, 11) is 0. The first-order valence-corrected chi connectivity index (χ1v) is 7.41. The van der Waals surface area contributed by atoms with Crippen LogP contribution in [0.5, 0.6) is 0 Å². The van der Waals surface area contributed by atoms with Gasteiger partial charge in [0.05, 0.1) is 6.10 Å². The van der Waals surface area contributed by atoms with Gasteiger partial charge in [-0.3, -0.25) is 0 Å². The van der Waals surface area contributed by atoms with Crippen LogP contribution in [-0.2, 0) is 4.74 Å². The molecule has 19 heavy (non-hydrogen) atoms. The second-order valence-electron chi connectivity index (χ2n) is 5.14. The van der Waals surface area contributed by atoms with E-state index in [1.807, 2.05) is 19.1 Å². The van der Waals surface area contributed by atoms with E-state index in [0.717, 1.165) is 43.1 Å². The van der Waals surface area contributed by atoms with Gasteiger partial charge in [0.1, 0.15) is 0 Å². The number of nitrogens with zero attached hydrogens (tertiary/aromatic N) is 1. The van der Waals surface area contributed by atoms with Crippen molar-refractivity contribution in [3.8, 4) is 0 Å². The molecule has 0 radical (unpaired) electrons. The lowest BCUT2D eigenvalue weighted by Crippen LogP contribution is -2.37. The second kappa shape index (κ2) is 6.60. The summed E-state index contributed by atoms with van der Waals surface area (Å²) in [5.74, 6) is 0. The minimum atomic E-state index is -0.0229. The molecule has 1 saturated heterocycles. The normalized spacial score (nSPS) is 18.6. The Kier molecular flexibility index (Phi) is 5.08. The van der Waals surface area contributed by atoms with E-state index in [4.69, 9.17) is 22.1 Å². The lowest BCUT2D eigenvalue weighted by atomic mass is 10.0. The van der Waals surface area contributed by atoms with Gasteiger partial charge in [-0.15, -0.1) is 0 Å². The van der Waals surface area contributed by atoms with Crippen molar-refractivity contribution in [2.24, 2.45) is 5.73 Å². The first kappa shape index (κ1) is 14.6. The molecule has 106 valence electrons. The molecular weight excluding hydrogens is 260 g/mol. The minimum Gasteiger partial charge on any atom is -0.378 e. The van der Waals surface area contributed by atoms with E-state index < -0.39 is 0 Å². The van der Waals surface area contributed by atoms with Gasteiger partial charge in [-0.05, 0) is 44.4 Å². The van der Waals surface area contributed by atoms with Crippen LogP contribution in [0, 0.1) is 0 Å². The largest absolute Gasteiger partial charge is 0.378 e. The smallest absolute Gasteiger partial charge is 0.0608 e. The Morgan fingerprint density at radius 2 is 2.11 bits per heavy atom. The van der Waals surface area contributed by atoms with E-state index in [9.17, 15) is 0 Å². The molecule has 1 aromatic rings. The number of hydrogen-bond donors (Lipinski definition) is 1. The predicted octanol–water partition coefficient (Wildman–Crippen LogP) is 3.37. The van der Waals surface area contributed by atoms with Gasteiger partial charge in [0.25, 0.3) is 0 Å². The lowest BCUT2D eigenvalue weighted by molar-refractivity contribution is 0.0459. The van der Waals surface area contributed by atoms with Crippen LogP contribution < -0.4 is 10.6 Å². The monoisotopic (exact) mass is 282 g/mol. The summed E-state index contributed by atoms with van der Waals surface area (Å²) < 4.78 is 5.67. The Bertz CT molecular complexity index is 415. The number of nitrogens with two attached hydrogens (primary N) is 1. The van der Waals surface area contributed by atoms with Crippen molar-refractivity contribution in [1.29, 1.82) is 0 Å². The highest BCUT2D eigenvalue weighted by Gasteiger charge is 2.20. The fraction of sp³-hybridized carbons (Fsp3) is 0.600. The van der Waals surface area contributed by atoms with Crippen molar-refractivity contribution in [2.45, 2.75) is 38.8 Å². The number of halogens is 1. The van der Waals surface area contributed by atoms with Crippen molar-refractivity contribution in [3.05, 3.63) is 28.8 Å². The van der Waals surface area contributed by atoms with E-state index in [-0.39, 0.29) is 6.04 Å². The molecule has 0 bridgehead atoms. The SMILES string of the molecule is CCOC1CCN(c2ccc(C(C)N)c(Cl)c2)CC1. The van der Waals surface area contributed by atoms with Crippen molar-refractivity contribution in [3.63, 3.8) is 0 Å². The van der Waals surface area contributed by atoms with Crippen LogP contribution in [-0.4, -0.2) is 25.8 Å². The van der Waals surface area contributed by atoms with Crippen LogP contribution in [0.2, 0.25) is 5.02 Å². The van der Waals surface area contributed by atoms with E-state index in [1.165, 1.54) is 5.69 Å². The van der Waals surface area contributed by atoms with Crippen LogP contribution in [0.15, 0.2) is 18.2 Å². The van der Waals surface area contributed by atoms with Gasteiger partial charge in [-0.25, -0.2) is 0 Å². The van der Waals surface area contributed by atoms with E-state index in [1.54, 1.807) is 0 Å². The van der Waals surface area contributed by atoms with Crippen molar-refractivity contribution >= 4 is 17.3 Å². The Hall–Kier alpha value is -0.770. The number of piperidine rings is 1. The molecule has 2 N–H and O–H groups in total. The van der Waals surface area contributed by atoms with Crippen LogP contribution in [0.25, 0.3) is 0 Å². The molecule has 1 aliphatic rings. The highest BCUT2D eigenvalue weighted by atomic mass is 35.5. The third-order valence-electron chi connectivity index (χ3n) is 3.68. The third kappa shape index (κ3) is 3.62. The average molecular weight is 283 g/mol.